The van der Waals surface area contributed by atoms with Crippen LogP contribution in [-0.4, -0.2) is 9.13 Å². The van der Waals surface area contributed by atoms with Gasteiger partial charge in [0.05, 0.1) is 22.1 Å². The molecular formula is C58H36N2. The molecule has 0 amide bonds. The Morgan fingerprint density at radius 2 is 0.683 bits per heavy atom. The van der Waals surface area contributed by atoms with E-state index in [9.17, 15) is 0 Å². The molecule has 12 aromatic rings. The van der Waals surface area contributed by atoms with E-state index < -0.39 is 0 Å². The van der Waals surface area contributed by atoms with Gasteiger partial charge in [-0.25, -0.2) is 0 Å². The Hall–Kier alpha value is -7.94. The molecule has 278 valence electrons. The van der Waals surface area contributed by atoms with Crippen molar-refractivity contribution in [3.63, 3.8) is 0 Å². The van der Waals surface area contributed by atoms with Crippen molar-refractivity contribution in [3.05, 3.63) is 218 Å². The van der Waals surface area contributed by atoms with Gasteiger partial charge >= 0.3 is 0 Å². The normalized spacial score (nSPS) is 12.0. The van der Waals surface area contributed by atoms with Gasteiger partial charge in [0.25, 0.3) is 0 Å². The monoisotopic (exact) mass is 760 g/mol. The number of rotatable bonds is 5. The minimum atomic E-state index is 1.16. The molecule has 60 heavy (non-hydrogen) atoms. The highest BCUT2D eigenvalue weighted by atomic mass is 15.0. The third-order valence-electron chi connectivity index (χ3n) is 12.8. The van der Waals surface area contributed by atoms with Crippen molar-refractivity contribution in [1.82, 2.24) is 9.13 Å². The number of nitrogens with zero attached hydrogens (tertiary/aromatic N) is 2. The van der Waals surface area contributed by atoms with Crippen LogP contribution in [-0.2, 0) is 0 Å². The van der Waals surface area contributed by atoms with Crippen molar-refractivity contribution in [3.8, 4) is 67.0 Å². The van der Waals surface area contributed by atoms with E-state index in [0.29, 0.717) is 0 Å². The third-order valence-corrected chi connectivity index (χ3v) is 12.8. The van der Waals surface area contributed by atoms with E-state index >= 15 is 0 Å². The number of hydrogen-bond donors (Lipinski definition) is 0. The summed E-state index contributed by atoms with van der Waals surface area (Å²) in [4.78, 5) is 0. The van der Waals surface area contributed by atoms with Crippen LogP contribution < -0.4 is 0 Å². The van der Waals surface area contributed by atoms with Crippen LogP contribution in [0.15, 0.2) is 218 Å². The lowest BCUT2D eigenvalue weighted by Gasteiger charge is -2.12. The Morgan fingerprint density at radius 1 is 0.217 bits per heavy atom. The Morgan fingerprint density at radius 3 is 1.37 bits per heavy atom. The Kier molecular flexibility index (Phi) is 7.05. The summed E-state index contributed by atoms with van der Waals surface area (Å²) in [7, 11) is 0. The van der Waals surface area contributed by atoms with Crippen molar-refractivity contribution >= 4 is 54.4 Å². The molecule has 0 radical (unpaired) electrons. The van der Waals surface area contributed by atoms with Crippen molar-refractivity contribution in [2.45, 2.75) is 0 Å². The summed E-state index contributed by atoms with van der Waals surface area (Å²) in [6.07, 6.45) is 0. The predicted octanol–water partition coefficient (Wildman–Crippen LogP) is 15.7. The maximum Gasteiger partial charge on any atom is 0.0553 e. The molecule has 2 aromatic heterocycles. The molecule has 0 saturated carbocycles. The maximum atomic E-state index is 2.49. The predicted molar refractivity (Wildman–Crippen MR) is 253 cm³/mol. The molecule has 1 aliphatic rings. The molecule has 0 bridgehead atoms. The maximum absolute atomic E-state index is 2.49. The Bertz CT molecular complexity index is 3700. The van der Waals surface area contributed by atoms with Gasteiger partial charge < -0.3 is 9.13 Å². The molecule has 13 rings (SSSR count). The number of benzene rings is 10. The fourth-order valence-electron chi connectivity index (χ4n) is 10.2. The van der Waals surface area contributed by atoms with Crippen LogP contribution >= 0.6 is 0 Å². The number of aromatic nitrogens is 2. The van der Waals surface area contributed by atoms with Crippen LogP contribution in [0.5, 0.6) is 0 Å². The molecule has 0 fully saturated rings. The van der Waals surface area contributed by atoms with E-state index in [4.69, 9.17) is 0 Å². The second-order valence-electron chi connectivity index (χ2n) is 16.1. The summed E-state index contributed by atoms with van der Waals surface area (Å²) in [6, 6.07) is 80.4. The van der Waals surface area contributed by atoms with Crippen LogP contribution in [0.4, 0.5) is 0 Å². The van der Waals surface area contributed by atoms with Gasteiger partial charge in [-0.1, -0.05) is 158 Å². The van der Waals surface area contributed by atoms with E-state index in [2.05, 4.69) is 228 Å². The van der Waals surface area contributed by atoms with Gasteiger partial charge in [-0.15, -0.1) is 0 Å². The summed E-state index contributed by atoms with van der Waals surface area (Å²) in [5, 5.41) is 7.69. The minimum absolute atomic E-state index is 1.16. The second kappa shape index (κ2) is 12.8. The molecule has 0 saturated heterocycles. The lowest BCUT2D eigenvalue weighted by atomic mass is 9.96. The van der Waals surface area contributed by atoms with E-state index in [-0.39, 0.29) is 0 Å². The van der Waals surface area contributed by atoms with Gasteiger partial charge in [0.15, 0.2) is 0 Å². The smallest absolute Gasteiger partial charge is 0.0553 e. The fraction of sp³-hybridized carbons (Fsp3) is 0. The van der Waals surface area contributed by atoms with Crippen LogP contribution in [0.25, 0.3) is 121 Å². The molecular weight excluding hydrogens is 725 g/mol. The summed E-state index contributed by atoms with van der Waals surface area (Å²) < 4.78 is 4.91. The molecule has 1 aliphatic carbocycles. The van der Waals surface area contributed by atoms with Crippen molar-refractivity contribution in [2.24, 2.45) is 0 Å². The molecule has 0 spiro atoms. The Balaban J connectivity index is 1.04. The van der Waals surface area contributed by atoms with Gasteiger partial charge in [-0.05, 0) is 127 Å². The first-order valence-corrected chi connectivity index (χ1v) is 20.8. The zero-order valence-electron chi connectivity index (χ0n) is 32.7. The molecule has 0 aliphatic heterocycles. The molecule has 2 heterocycles. The lowest BCUT2D eigenvalue weighted by molar-refractivity contribution is 1.18. The lowest BCUT2D eigenvalue weighted by Crippen LogP contribution is -1.95. The first-order valence-electron chi connectivity index (χ1n) is 20.8. The number of para-hydroxylation sites is 1. The average Bonchev–Trinajstić information content (AvgIpc) is 3.96. The van der Waals surface area contributed by atoms with Crippen LogP contribution in [0.2, 0.25) is 0 Å². The Labute approximate surface area is 347 Å². The van der Waals surface area contributed by atoms with E-state index in [1.54, 1.807) is 0 Å². The molecule has 0 atom stereocenters. The second-order valence-corrected chi connectivity index (χ2v) is 16.1. The SMILES string of the molecule is c1ccc(-c2cccc(-n3c4ccccc4c4cc(-c5ccc6c(c5)c5c7cccc8c7c(cc5n6-c5cccc(-c6ccccc6)c5)-c5ccccc5-8)ccc43)c2)cc1. The van der Waals surface area contributed by atoms with Crippen molar-refractivity contribution in [2.75, 3.05) is 0 Å². The van der Waals surface area contributed by atoms with Gasteiger partial charge in [-0.2, -0.15) is 0 Å². The summed E-state index contributed by atoms with van der Waals surface area (Å²) in [6.45, 7) is 0. The van der Waals surface area contributed by atoms with Gasteiger partial charge in [-0.3, -0.25) is 0 Å². The fourth-order valence-corrected chi connectivity index (χ4v) is 10.2. The first kappa shape index (κ1) is 33.1. The highest BCUT2D eigenvalue weighted by Crippen LogP contribution is 2.51. The van der Waals surface area contributed by atoms with Crippen LogP contribution in [0.1, 0.15) is 0 Å². The summed E-state index contributed by atoms with van der Waals surface area (Å²) in [5.74, 6) is 0. The summed E-state index contributed by atoms with van der Waals surface area (Å²) in [5.41, 5.74) is 19.6. The molecule has 0 unspecified atom stereocenters. The van der Waals surface area contributed by atoms with Crippen LogP contribution in [0, 0.1) is 0 Å². The quantitative estimate of drug-likeness (QED) is 0.165. The van der Waals surface area contributed by atoms with E-state index in [1.807, 2.05) is 0 Å². The first-order chi connectivity index (χ1) is 29.8. The number of fused-ring (bicyclic) bond motifs is 10. The minimum Gasteiger partial charge on any atom is -0.309 e. The highest BCUT2D eigenvalue weighted by Gasteiger charge is 2.26. The topological polar surface area (TPSA) is 9.86 Å². The van der Waals surface area contributed by atoms with E-state index in [0.717, 1.165) is 11.4 Å². The van der Waals surface area contributed by atoms with Gasteiger partial charge in [0.2, 0.25) is 0 Å². The molecule has 2 heteroatoms. The largest absolute Gasteiger partial charge is 0.309 e. The van der Waals surface area contributed by atoms with Crippen LogP contribution in [0.3, 0.4) is 0 Å². The van der Waals surface area contributed by atoms with Crippen molar-refractivity contribution in [1.29, 1.82) is 0 Å². The van der Waals surface area contributed by atoms with Gasteiger partial charge in [0, 0.05) is 32.9 Å². The zero-order chi connectivity index (χ0) is 39.3. The number of hydrogen-bond acceptors (Lipinski definition) is 0. The highest BCUT2D eigenvalue weighted by molar-refractivity contribution is 6.29. The van der Waals surface area contributed by atoms with Gasteiger partial charge in [0.1, 0.15) is 0 Å². The molecule has 0 N–H and O–H groups in total. The summed E-state index contributed by atoms with van der Waals surface area (Å²) >= 11 is 0. The molecule has 10 aromatic carbocycles. The third kappa shape index (κ3) is 4.82. The van der Waals surface area contributed by atoms with E-state index in [1.165, 1.54) is 110 Å². The van der Waals surface area contributed by atoms with Crippen molar-refractivity contribution < 1.29 is 0 Å². The standard InChI is InChI=1S/C58H36N2/c1-3-14-37(15-4-1)39-18-11-20-43(32-39)59-53-27-10-9-24-47(53)50-34-41(28-30-54(50)59)42-29-31-55-52(35-42)58-49-26-13-25-48-45-22-7-8-23-46(45)51(57(48)49)36-56(58)60(55)44-21-12-19-40(33-44)38-16-5-2-6-17-38/h1-36H. The zero-order valence-corrected chi connectivity index (χ0v) is 32.7. The molecule has 2 nitrogen and oxygen atoms in total. The average molecular weight is 761 g/mol.